The highest BCUT2D eigenvalue weighted by Gasteiger charge is 2.06. The van der Waals surface area contributed by atoms with Crippen LogP contribution >= 0.6 is 0 Å². The maximum Gasteiger partial charge on any atom is 0.226 e. The molecular weight excluding hydrogens is 214 g/mol. The molecule has 0 aliphatic carbocycles. The first-order valence-electron chi connectivity index (χ1n) is 5.37. The molecule has 17 heavy (non-hydrogen) atoms. The van der Waals surface area contributed by atoms with Gasteiger partial charge in [0.15, 0.2) is 0 Å². The molecule has 0 aliphatic heterocycles. The Balaban J connectivity index is 1.84. The fraction of sp³-hybridized carbons (Fsp3) is 0.0769. The van der Waals surface area contributed by atoms with Crippen molar-refractivity contribution in [2.45, 2.75) is 6.54 Å². The third kappa shape index (κ3) is 2.10. The normalized spacial score (nSPS) is 10.6. The molecule has 0 aliphatic rings. The first kappa shape index (κ1) is 9.84. The lowest BCUT2D eigenvalue weighted by Crippen LogP contribution is -1.96. The highest BCUT2D eigenvalue weighted by Crippen LogP contribution is 2.18. The summed E-state index contributed by atoms with van der Waals surface area (Å²) in [4.78, 5) is 8.43. The summed E-state index contributed by atoms with van der Waals surface area (Å²) in [6, 6.07) is 9.86. The topological polar surface area (TPSA) is 43.9 Å². The van der Waals surface area contributed by atoms with Crippen LogP contribution in [0.25, 0.3) is 11.5 Å². The molecule has 0 atom stereocenters. The van der Waals surface area contributed by atoms with Crippen LogP contribution < -0.4 is 0 Å². The second kappa shape index (κ2) is 4.25. The van der Waals surface area contributed by atoms with Gasteiger partial charge in [-0.15, -0.1) is 0 Å². The van der Waals surface area contributed by atoms with Crippen molar-refractivity contribution in [3.63, 3.8) is 0 Å². The Morgan fingerprint density at radius 3 is 2.82 bits per heavy atom. The van der Waals surface area contributed by atoms with E-state index in [-0.39, 0.29) is 0 Å². The molecular formula is C13H11N3O. The van der Waals surface area contributed by atoms with E-state index in [4.69, 9.17) is 4.42 Å². The van der Waals surface area contributed by atoms with Gasteiger partial charge in [-0.2, -0.15) is 0 Å². The molecule has 4 heteroatoms. The number of benzene rings is 1. The van der Waals surface area contributed by atoms with Crippen LogP contribution in [-0.2, 0) is 6.54 Å². The van der Waals surface area contributed by atoms with E-state index in [1.807, 2.05) is 41.1 Å². The second-order valence-electron chi connectivity index (χ2n) is 3.75. The zero-order valence-corrected chi connectivity index (χ0v) is 9.15. The Kier molecular flexibility index (Phi) is 2.46. The molecule has 3 aromatic rings. The number of aromatic nitrogens is 3. The molecule has 0 unspecified atom stereocenters. The zero-order chi connectivity index (χ0) is 11.5. The fourth-order valence-electron chi connectivity index (χ4n) is 1.66. The summed E-state index contributed by atoms with van der Waals surface area (Å²) in [7, 11) is 0. The minimum atomic E-state index is 0.653. The molecule has 84 valence electrons. The van der Waals surface area contributed by atoms with Crippen LogP contribution in [0.5, 0.6) is 0 Å². The summed E-state index contributed by atoms with van der Waals surface area (Å²) in [6.45, 7) is 0.677. The number of oxazole rings is 1. The van der Waals surface area contributed by atoms with Crippen molar-refractivity contribution in [1.29, 1.82) is 0 Å². The molecule has 0 N–H and O–H groups in total. The number of hydrogen-bond acceptors (Lipinski definition) is 3. The van der Waals surface area contributed by atoms with Gasteiger partial charge in [0.05, 0.1) is 18.6 Å². The smallest absolute Gasteiger partial charge is 0.226 e. The van der Waals surface area contributed by atoms with Gasteiger partial charge < -0.3 is 8.98 Å². The average molecular weight is 225 g/mol. The maximum absolute atomic E-state index is 5.45. The summed E-state index contributed by atoms with van der Waals surface area (Å²) < 4.78 is 7.41. The number of imidazole rings is 1. The van der Waals surface area contributed by atoms with Gasteiger partial charge in [-0.25, -0.2) is 9.97 Å². The molecule has 0 amide bonds. The van der Waals surface area contributed by atoms with Gasteiger partial charge in [-0.1, -0.05) is 18.2 Å². The van der Waals surface area contributed by atoms with E-state index >= 15 is 0 Å². The maximum atomic E-state index is 5.45. The van der Waals surface area contributed by atoms with E-state index in [2.05, 4.69) is 9.97 Å². The van der Waals surface area contributed by atoms with Gasteiger partial charge in [0.2, 0.25) is 5.89 Å². The van der Waals surface area contributed by atoms with Crippen molar-refractivity contribution >= 4 is 0 Å². The lowest BCUT2D eigenvalue weighted by atomic mass is 10.2. The fourth-order valence-corrected chi connectivity index (χ4v) is 1.66. The number of hydrogen-bond donors (Lipinski definition) is 0. The van der Waals surface area contributed by atoms with E-state index < -0.39 is 0 Å². The van der Waals surface area contributed by atoms with E-state index in [0.717, 1.165) is 11.3 Å². The molecule has 2 aromatic heterocycles. The molecule has 4 nitrogen and oxygen atoms in total. The summed E-state index contributed by atoms with van der Waals surface area (Å²) in [5.74, 6) is 0.653. The first-order valence-corrected chi connectivity index (χ1v) is 5.37. The third-order valence-corrected chi connectivity index (χ3v) is 2.48. The van der Waals surface area contributed by atoms with Crippen LogP contribution in [-0.4, -0.2) is 14.5 Å². The molecule has 0 radical (unpaired) electrons. The average Bonchev–Trinajstić information content (AvgIpc) is 3.02. The van der Waals surface area contributed by atoms with Gasteiger partial charge in [0.25, 0.3) is 0 Å². The standard InChI is InChI=1S/C13H11N3O/c1-2-4-11(5-3-1)13-15-12(9-17-13)8-16-7-6-14-10-16/h1-7,9-10H,8H2. The van der Waals surface area contributed by atoms with Crippen LogP contribution in [0, 0.1) is 0 Å². The molecule has 0 fully saturated rings. The monoisotopic (exact) mass is 225 g/mol. The predicted octanol–water partition coefficient (Wildman–Crippen LogP) is 2.59. The molecule has 0 saturated heterocycles. The number of rotatable bonds is 3. The van der Waals surface area contributed by atoms with Gasteiger partial charge in [-0.05, 0) is 12.1 Å². The van der Waals surface area contributed by atoms with Crippen molar-refractivity contribution in [2.75, 3.05) is 0 Å². The van der Waals surface area contributed by atoms with Crippen LogP contribution in [0.4, 0.5) is 0 Å². The van der Waals surface area contributed by atoms with E-state index in [9.17, 15) is 0 Å². The molecule has 0 saturated carbocycles. The Morgan fingerprint density at radius 2 is 2.06 bits per heavy atom. The minimum Gasteiger partial charge on any atom is -0.444 e. The van der Waals surface area contributed by atoms with Gasteiger partial charge in [-0.3, -0.25) is 0 Å². The summed E-state index contributed by atoms with van der Waals surface area (Å²) in [5.41, 5.74) is 1.88. The second-order valence-corrected chi connectivity index (χ2v) is 3.75. The molecule has 0 spiro atoms. The van der Waals surface area contributed by atoms with Crippen LogP contribution in [0.15, 0.2) is 59.7 Å². The summed E-state index contributed by atoms with van der Waals surface area (Å²) >= 11 is 0. The Bertz CT molecular complexity index is 584. The van der Waals surface area contributed by atoms with Crippen molar-refractivity contribution in [1.82, 2.24) is 14.5 Å². The quantitative estimate of drug-likeness (QED) is 0.688. The van der Waals surface area contributed by atoms with Crippen LogP contribution in [0.2, 0.25) is 0 Å². The lowest BCUT2D eigenvalue weighted by molar-refractivity contribution is 0.571. The molecule has 2 heterocycles. The van der Waals surface area contributed by atoms with Crippen molar-refractivity contribution in [3.8, 4) is 11.5 Å². The highest BCUT2D eigenvalue weighted by atomic mass is 16.3. The van der Waals surface area contributed by atoms with Crippen molar-refractivity contribution in [2.24, 2.45) is 0 Å². The highest BCUT2D eigenvalue weighted by molar-refractivity contribution is 5.52. The Labute approximate surface area is 98.6 Å². The predicted molar refractivity (Wildman–Crippen MR) is 63.3 cm³/mol. The largest absolute Gasteiger partial charge is 0.444 e. The lowest BCUT2D eigenvalue weighted by Gasteiger charge is -1.95. The molecule has 3 rings (SSSR count). The molecule has 1 aromatic carbocycles. The van der Waals surface area contributed by atoms with Crippen molar-refractivity contribution in [3.05, 3.63) is 61.0 Å². The van der Waals surface area contributed by atoms with Crippen molar-refractivity contribution < 1.29 is 4.42 Å². The van der Waals surface area contributed by atoms with Gasteiger partial charge in [0.1, 0.15) is 6.26 Å². The van der Waals surface area contributed by atoms with E-state index in [1.165, 1.54) is 0 Å². The van der Waals surface area contributed by atoms with E-state index in [0.29, 0.717) is 12.4 Å². The number of nitrogens with zero attached hydrogens (tertiary/aromatic N) is 3. The Morgan fingerprint density at radius 1 is 1.18 bits per heavy atom. The first-order chi connectivity index (χ1) is 8.42. The zero-order valence-electron chi connectivity index (χ0n) is 9.15. The SMILES string of the molecule is c1ccc(-c2nc(Cn3ccnc3)co2)cc1. The van der Waals surface area contributed by atoms with Crippen LogP contribution in [0.1, 0.15) is 5.69 Å². The summed E-state index contributed by atoms with van der Waals surface area (Å²) in [5, 5.41) is 0. The van der Waals surface area contributed by atoms with Gasteiger partial charge in [0, 0.05) is 18.0 Å². The third-order valence-electron chi connectivity index (χ3n) is 2.48. The summed E-state index contributed by atoms with van der Waals surface area (Å²) in [6.07, 6.45) is 7.09. The molecule has 0 bridgehead atoms. The Hall–Kier alpha value is -2.36. The minimum absolute atomic E-state index is 0.653. The van der Waals surface area contributed by atoms with Gasteiger partial charge >= 0.3 is 0 Å². The van der Waals surface area contributed by atoms with Crippen LogP contribution in [0.3, 0.4) is 0 Å². The van der Waals surface area contributed by atoms with E-state index in [1.54, 1.807) is 18.8 Å².